The number of urea groups is 1. The first-order valence-corrected chi connectivity index (χ1v) is 6.80. The molecule has 1 aliphatic rings. The van der Waals surface area contributed by atoms with Gasteiger partial charge in [0, 0.05) is 32.2 Å². The van der Waals surface area contributed by atoms with Crippen LogP contribution in [0.25, 0.3) is 0 Å². The Labute approximate surface area is 119 Å². The second-order valence-electron chi connectivity index (χ2n) is 5.70. The lowest BCUT2D eigenvalue weighted by molar-refractivity contribution is -0.137. The maximum absolute atomic E-state index is 12.1. The number of carbonyl (C=O) groups excluding carboxylic acids is 1. The van der Waals surface area contributed by atoms with Gasteiger partial charge in [0.15, 0.2) is 0 Å². The number of carboxylic acid groups (broad SMARTS) is 1. The van der Waals surface area contributed by atoms with Crippen LogP contribution >= 0.6 is 0 Å². The third-order valence-corrected chi connectivity index (χ3v) is 3.33. The fourth-order valence-corrected chi connectivity index (χ4v) is 2.06. The highest BCUT2D eigenvalue weighted by Gasteiger charge is 2.25. The summed E-state index contributed by atoms with van der Waals surface area (Å²) in [6, 6.07) is -0.145. The van der Waals surface area contributed by atoms with E-state index in [1.165, 1.54) is 5.57 Å². The van der Waals surface area contributed by atoms with E-state index < -0.39 is 11.5 Å². The molecule has 1 heterocycles. The van der Waals surface area contributed by atoms with Crippen molar-refractivity contribution in [3.8, 4) is 0 Å². The Bertz CT molecular complexity index is 391. The molecule has 0 bridgehead atoms. The number of methoxy groups -OCH3 is 1. The molecule has 0 saturated heterocycles. The molecule has 2 N–H and O–H groups in total. The average molecular weight is 284 g/mol. The predicted molar refractivity (Wildman–Crippen MR) is 75.6 cm³/mol. The van der Waals surface area contributed by atoms with Crippen LogP contribution in [0, 0.1) is 0 Å². The highest BCUT2D eigenvalue weighted by molar-refractivity contribution is 5.75. The van der Waals surface area contributed by atoms with E-state index >= 15 is 0 Å². The van der Waals surface area contributed by atoms with Gasteiger partial charge in [0.1, 0.15) is 0 Å². The third kappa shape index (κ3) is 5.61. The van der Waals surface area contributed by atoms with Gasteiger partial charge in [0.05, 0.1) is 6.61 Å². The highest BCUT2D eigenvalue weighted by atomic mass is 16.5. The summed E-state index contributed by atoms with van der Waals surface area (Å²) < 4.78 is 5.07. The summed E-state index contributed by atoms with van der Waals surface area (Å²) in [6.45, 7) is 5.52. The number of rotatable bonds is 6. The highest BCUT2D eigenvalue weighted by Crippen LogP contribution is 2.15. The summed E-state index contributed by atoms with van der Waals surface area (Å²) in [5.74, 6) is -0.850. The first kappa shape index (κ1) is 16.5. The number of amides is 2. The van der Waals surface area contributed by atoms with Crippen molar-refractivity contribution in [3.63, 3.8) is 0 Å². The number of nitrogens with one attached hydrogen (secondary N) is 1. The zero-order valence-electron chi connectivity index (χ0n) is 12.4. The molecule has 0 aromatic carbocycles. The Balaban J connectivity index is 2.45. The van der Waals surface area contributed by atoms with Gasteiger partial charge in [-0.15, -0.1) is 0 Å². The van der Waals surface area contributed by atoms with E-state index in [9.17, 15) is 9.59 Å². The Morgan fingerprint density at radius 2 is 2.20 bits per heavy atom. The summed E-state index contributed by atoms with van der Waals surface area (Å²) in [5.41, 5.74) is 0.688. The third-order valence-electron chi connectivity index (χ3n) is 3.33. The van der Waals surface area contributed by atoms with Gasteiger partial charge < -0.3 is 20.1 Å². The van der Waals surface area contributed by atoms with Gasteiger partial charge in [-0.3, -0.25) is 4.79 Å². The van der Waals surface area contributed by atoms with Gasteiger partial charge in [-0.1, -0.05) is 6.08 Å². The lowest BCUT2D eigenvalue weighted by Gasteiger charge is -2.32. The maximum Gasteiger partial charge on any atom is 0.318 e. The number of carboxylic acids is 1. The molecular weight excluding hydrogens is 260 g/mol. The second kappa shape index (κ2) is 7.28. The molecule has 0 saturated carbocycles. The van der Waals surface area contributed by atoms with Crippen molar-refractivity contribution in [3.05, 3.63) is 11.6 Å². The lowest BCUT2D eigenvalue weighted by Crippen LogP contribution is -2.51. The molecular formula is C14H24N2O4. The number of hydrogen-bond acceptors (Lipinski definition) is 3. The van der Waals surface area contributed by atoms with E-state index in [0.717, 1.165) is 6.42 Å². The summed E-state index contributed by atoms with van der Waals surface area (Å²) in [4.78, 5) is 24.4. The lowest BCUT2D eigenvalue weighted by atomic mass is 9.98. The standard InChI is InChI=1S/C14H24N2O4/c1-14(2,7-4-12(17)18)15-13(19)16-8-5-11(6-9-16)10-20-3/h5H,4,6-10H2,1-3H3,(H,15,19)(H,17,18). The minimum atomic E-state index is -0.850. The smallest absolute Gasteiger partial charge is 0.318 e. The van der Waals surface area contributed by atoms with Crippen LogP contribution in [0.15, 0.2) is 11.6 Å². The number of ether oxygens (including phenoxy) is 1. The molecule has 0 aliphatic carbocycles. The molecule has 114 valence electrons. The van der Waals surface area contributed by atoms with Crippen molar-refractivity contribution in [2.75, 3.05) is 26.8 Å². The molecule has 0 unspecified atom stereocenters. The number of carbonyl (C=O) groups is 2. The largest absolute Gasteiger partial charge is 0.481 e. The van der Waals surface area contributed by atoms with E-state index in [4.69, 9.17) is 9.84 Å². The molecule has 20 heavy (non-hydrogen) atoms. The van der Waals surface area contributed by atoms with Crippen LogP contribution in [0.3, 0.4) is 0 Å². The Morgan fingerprint density at radius 3 is 2.70 bits per heavy atom. The van der Waals surface area contributed by atoms with Crippen molar-refractivity contribution >= 4 is 12.0 Å². The second-order valence-corrected chi connectivity index (χ2v) is 5.70. The summed E-state index contributed by atoms with van der Waals surface area (Å²) in [7, 11) is 1.66. The zero-order chi connectivity index (χ0) is 15.2. The Morgan fingerprint density at radius 1 is 1.50 bits per heavy atom. The molecule has 0 atom stereocenters. The molecule has 1 rings (SSSR count). The van der Waals surface area contributed by atoms with Crippen molar-refractivity contribution in [1.29, 1.82) is 0 Å². The monoisotopic (exact) mass is 284 g/mol. The van der Waals surface area contributed by atoms with Gasteiger partial charge >= 0.3 is 12.0 Å². The number of nitrogens with zero attached hydrogens (tertiary/aromatic N) is 1. The van der Waals surface area contributed by atoms with E-state index in [0.29, 0.717) is 26.1 Å². The molecule has 0 radical (unpaired) electrons. The molecule has 0 aromatic rings. The molecule has 0 aromatic heterocycles. The van der Waals surface area contributed by atoms with Crippen molar-refractivity contribution in [1.82, 2.24) is 10.2 Å². The Kier molecular flexibility index (Phi) is 6.01. The van der Waals surface area contributed by atoms with E-state index in [1.54, 1.807) is 12.0 Å². The molecule has 2 amide bonds. The minimum Gasteiger partial charge on any atom is -0.481 e. The number of aliphatic carboxylic acids is 1. The molecule has 6 heteroatoms. The van der Waals surface area contributed by atoms with Crippen LogP contribution < -0.4 is 5.32 Å². The van der Waals surface area contributed by atoms with Crippen LogP contribution in [-0.4, -0.2) is 54.4 Å². The van der Waals surface area contributed by atoms with Gasteiger partial charge in [-0.2, -0.15) is 0 Å². The minimum absolute atomic E-state index is 0.0468. The van der Waals surface area contributed by atoms with Gasteiger partial charge in [-0.05, 0) is 32.3 Å². The van der Waals surface area contributed by atoms with E-state index in [1.807, 2.05) is 19.9 Å². The fourth-order valence-electron chi connectivity index (χ4n) is 2.06. The normalized spacial score (nSPS) is 15.8. The van der Waals surface area contributed by atoms with Crippen LogP contribution in [0.1, 0.15) is 33.1 Å². The molecule has 1 aliphatic heterocycles. The van der Waals surface area contributed by atoms with Gasteiger partial charge in [-0.25, -0.2) is 4.79 Å². The molecule has 0 fully saturated rings. The first-order chi connectivity index (χ1) is 9.34. The fraction of sp³-hybridized carbons (Fsp3) is 0.714. The van der Waals surface area contributed by atoms with Crippen LogP contribution in [0.2, 0.25) is 0 Å². The summed E-state index contributed by atoms with van der Waals surface area (Å²) in [6.07, 6.45) is 3.28. The quantitative estimate of drug-likeness (QED) is 0.726. The zero-order valence-corrected chi connectivity index (χ0v) is 12.4. The van der Waals surface area contributed by atoms with Gasteiger partial charge in [0.2, 0.25) is 0 Å². The SMILES string of the molecule is COCC1=CCN(C(=O)NC(C)(C)CCC(=O)O)CC1. The molecule has 6 nitrogen and oxygen atoms in total. The van der Waals surface area contributed by atoms with Crippen molar-refractivity contribution in [2.24, 2.45) is 0 Å². The molecule has 0 spiro atoms. The first-order valence-electron chi connectivity index (χ1n) is 6.80. The average Bonchev–Trinajstić information content (AvgIpc) is 2.37. The van der Waals surface area contributed by atoms with Crippen LogP contribution in [-0.2, 0) is 9.53 Å². The van der Waals surface area contributed by atoms with E-state index in [-0.39, 0.29) is 12.5 Å². The Hall–Kier alpha value is -1.56. The summed E-state index contributed by atoms with van der Waals surface area (Å²) >= 11 is 0. The van der Waals surface area contributed by atoms with Crippen LogP contribution in [0.5, 0.6) is 0 Å². The maximum atomic E-state index is 12.1. The topological polar surface area (TPSA) is 78.9 Å². The van der Waals surface area contributed by atoms with Crippen molar-refractivity contribution in [2.45, 2.75) is 38.6 Å². The predicted octanol–water partition coefficient (Wildman–Crippen LogP) is 1.62. The van der Waals surface area contributed by atoms with Gasteiger partial charge in [0.25, 0.3) is 0 Å². The van der Waals surface area contributed by atoms with E-state index in [2.05, 4.69) is 5.32 Å². The van der Waals surface area contributed by atoms with Crippen molar-refractivity contribution < 1.29 is 19.4 Å². The summed E-state index contributed by atoms with van der Waals surface area (Å²) in [5, 5.41) is 11.6. The van der Waals surface area contributed by atoms with Crippen LogP contribution in [0.4, 0.5) is 4.79 Å². The number of hydrogen-bond donors (Lipinski definition) is 2.